The van der Waals surface area contributed by atoms with Crippen molar-refractivity contribution in [1.82, 2.24) is 30.4 Å². The Kier molecular flexibility index (Phi) is 7.46. The zero-order valence-electron chi connectivity index (χ0n) is 22.8. The predicted molar refractivity (Wildman–Crippen MR) is 151 cm³/mol. The van der Waals surface area contributed by atoms with Gasteiger partial charge in [0.15, 0.2) is 11.5 Å². The number of tetrazole rings is 1. The summed E-state index contributed by atoms with van der Waals surface area (Å²) < 4.78 is 11.8. The average molecular weight is 539 g/mol. The molecule has 3 aromatic carbocycles. The number of aromatic nitrogens is 4. The molecule has 9 heteroatoms. The number of aromatic amines is 1. The SMILES string of the molecule is COc1ccccc1Oc1ccccc1CN1CCC2(CC1)CCN(C(=O)c1ccccc1-c1nn[nH]n1)CC2. The third-order valence-electron chi connectivity index (χ3n) is 8.43. The van der Waals surface area contributed by atoms with Crippen LogP contribution in [0.2, 0.25) is 0 Å². The molecule has 2 aliphatic heterocycles. The minimum absolute atomic E-state index is 0.0411. The van der Waals surface area contributed by atoms with E-state index in [1.807, 2.05) is 65.6 Å². The Labute approximate surface area is 234 Å². The molecule has 0 atom stereocenters. The average Bonchev–Trinajstić information content (AvgIpc) is 3.55. The molecule has 0 radical (unpaired) electrons. The second-order valence-corrected chi connectivity index (χ2v) is 10.7. The van der Waals surface area contributed by atoms with Crippen molar-refractivity contribution in [3.05, 3.63) is 83.9 Å². The van der Waals surface area contributed by atoms with Crippen molar-refractivity contribution < 1.29 is 14.3 Å². The molecule has 9 nitrogen and oxygen atoms in total. The number of benzene rings is 3. The molecule has 0 unspecified atom stereocenters. The molecule has 2 aliphatic rings. The van der Waals surface area contributed by atoms with E-state index in [2.05, 4.69) is 37.7 Å². The van der Waals surface area contributed by atoms with Crippen molar-refractivity contribution in [2.75, 3.05) is 33.3 Å². The number of hydrogen-bond donors (Lipinski definition) is 1. The van der Waals surface area contributed by atoms with Crippen molar-refractivity contribution >= 4 is 5.91 Å². The summed E-state index contributed by atoms with van der Waals surface area (Å²) in [6.07, 6.45) is 4.35. The molecule has 40 heavy (non-hydrogen) atoms. The number of likely N-dealkylation sites (tertiary alicyclic amines) is 2. The summed E-state index contributed by atoms with van der Waals surface area (Å²) in [6, 6.07) is 23.5. The zero-order chi connectivity index (χ0) is 27.4. The fourth-order valence-electron chi connectivity index (χ4n) is 5.98. The highest BCUT2D eigenvalue weighted by atomic mass is 16.5. The van der Waals surface area contributed by atoms with Gasteiger partial charge < -0.3 is 14.4 Å². The highest BCUT2D eigenvalue weighted by molar-refractivity contribution is 6.00. The van der Waals surface area contributed by atoms with Crippen LogP contribution in [0.3, 0.4) is 0 Å². The number of H-pyrrole nitrogens is 1. The summed E-state index contributed by atoms with van der Waals surface area (Å²) >= 11 is 0. The third-order valence-corrected chi connectivity index (χ3v) is 8.43. The van der Waals surface area contributed by atoms with Gasteiger partial charge in [0.1, 0.15) is 5.75 Å². The van der Waals surface area contributed by atoms with Crippen LogP contribution in [0.15, 0.2) is 72.8 Å². The Bertz CT molecular complexity index is 1440. The monoisotopic (exact) mass is 538 g/mol. The summed E-state index contributed by atoms with van der Waals surface area (Å²) in [7, 11) is 1.66. The molecule has 3 heterocycles. The van der Waals surface area contributed by atoms with E-state index < -0.39 is 0 Å². The summed E-state index contributed by atoms with van der Waals surface area (Å²) in [4.78, 5) is 18.0. The fraction of sp³-hybridized carbons (Fsp3) is 0.355. The number of carbonyl (C=O) groups is 1. The molecule has 2 fully saturated rings. The highest BCUT2D eigenvalue weighted by Crippen LogP contribution is 2.42. The van der Waals surface area contributed by atoms with Gasteiger partial charge in [-0.25, -0.2) is 0 Å². The maximum absolute atomic E-state index is 13.5. The number of rotatable bonds is 7. The number of carbonyl (C=O) groups excluding carboxylic acids is 1. The number of nitrogens with zero attached hydrogens (tertiary/aromatic N) is 5. The number of amides is 1. The molecule has 1 spiro atoms. The van der Waals surface area contributed by atoms with Crippen LogP contribution in [-0.2, 0) is 6.54 Å². The number of piperidine rings is 2. The third kappa shape index (κ3) is 5.42. The first kappa shape index (κ1) is 26.0. The van der Waals surface area contributed by atoms with Gasteiger partial charge in [-0.05, 0) is 73.7 Å². The molecular formula is C31H34N6O3. The number of nitrogens with one attached hydrogen (secondary N) is 1. The molecule has 2 saturated heterocycles. The smallest absolute Gasteiger partial charge is 0.254 e. The van der Waals surface area contributed by atoms with Crippen LogP contribution < -0.4 is 9.47 Å². The highest BCUT2D eigenvalue weighted by Gasteiger charge is 2.39. The van der Waals surface area contributed by atoms with Gasteiger partial charge in [0.05, 0.1) is 12.7 Å². The molecule has 206 valence electrons. The van der Waals surface area contributed by atoms with Crippen LogP contribution in [0, 0.1) is 5.41 Å². The van der Waals surface area contributed by atoms with Crippen molar-refractivity contribution in [2.45, 2.75) is 32.2 Å². The minimum atomic E-state index is 0.0411. The number of hydrogen-bond acceptors (Lipinski definition) is 7. The second-order valence-electron chi connectivity index (χ2n) is 10.7. The maximum atomic E-state index is 13.5. The van der Waals surface area contributed by atoms with Gasteiger partial charge in [0, 0.05) is 30.8 Å². The van der Waals surface area contributed by atoms with E-state index in [0.29, 0.717) is 22.4 Å². The first-order valence-corrected chi connectivity index (χ1v) is 13.9. The molecular weight excluding hydrogens is 504 g/mol. The molecule has 0 bridgehead atoms. The molecule has 6 rings (SSSR count). The molecule has 0 saturated carbocycles. The van der Waals surface area contributed by atoms with Gasteiger partial charge in [-0.2, -0.15) is 5.21 Å². The Hall–Kier alpha value is -4.24. The van der Waals surface area contributed by atoms with E-state index >= 15 is 0 Å². The topological polar surface area (TPSA) is 96.5 Å². The molecule has 1 N–H and O–H groups in total. The van der Waals surface area contributed by atoms with E-state index in [4.69, 9.17) is 9.47 Å². The zero-order valence-corrected chi connectivity index (χ0v) is 22.8. The fourth-order valence-corrected chi connectivity index (χ4v) is 5.98. The molecule has 1 aromatic heterocycles. The van der Waals surface area contributed by atoms with E-state index in [1.54, 1.807) is 7.11 Å². The van der Waals surface area contributed by atoms with Gasteiger partial charge in [0.25, 0.3) is 5.91 Å². The van der Waals surface area contributed by atoms with E-state index in [0.717, 1.165) is 75.7 Å². The lowest BCUT2D eigenvalue weighted by Crippen LogP contribution is -2.48. The lowest BCUT2D eigenvalue weighted by Gasteiger charge is -2.47. The largest absolute Gasteiger partial charge is 0.493 e. The summed E-state index contributed by atoms with van der Waals surface area (Å²) in [5, 5.41) is 14.3. The van der Waals surface area contributed by atoms with Gasteiger partial charge in [0.2, 0.25) is 5.82 Å². The second kappa shape index (κ2) is 11.5. The Balaban J connectivity index is 1.06. The van der Waals surface area contributed by atoms with E-state index in [-0.39, 0.29) is 5.91 Å². The van der Waals surface area contributed by atoms with E-state index in [1.165, 1.54) is 5.56 Å². The number of ether oxygens (including phenoxy) is 2. The lowest BCUT2D eigenvalue weighted by atomic mass is 9.71. The Morgan fingerprint density at radius 2 is 1.50 bits per heavy atom. The van der Waals surface area contributed by atoms with Gasteiger partial charge in [-0.3, -0.25) is 9.69 Å². The normalized spacial score (nSPS) is 17.1. The molecule has 0 aliphatic carbocycles. The Morgan fingerprint density at radius 1 is 0.850 bits per heavy atom. The minimum Gasteiger partial charge on any atom is -0.493 e. The van der Waals surface area contributed by atoms with Gasteiger partial charge in [-0.15, -0.1) is 10.2 Å². The van der Waals surface area contributed by atoms with Crippen LogP contribution in [0.5, 0.6) is 17.2 Å². The number of para-hydroxylation sites is 3. The Morgan fingerprint density at radius 3 is 2.23 bits per heavy atom. The van der Waals surface area contributed by atoms with Crippen LogP contribution >= 0.6 is 0 Å². The first-order chi connectivity index (χ1) is 19.6. The summed E-state index contributed by atoms with van der Waals surface area (Å²) in [6.45, 7) is 4.47. The van der Waals surface area contributed by atoms with Crippen molar-refractivity contribution in [3.63, 3.8) is 0 Å². The summed E-state index contributed by atoms with van der Waals surface area (Å²) in [5.74, 6) is 2.79. The van der Waals surface area contributed by atoms with Crippen molar-refractivity contribution in [1.29, 1.82) is 0 Å². The lowest BCUT2D eigenvalue weighted by molar-refractivity contribution is 0.0284. The van der Waals surface area contributed by atoms with Crippen LogP contribution in [0.4, 0.5) is 0 Å². The van der Waals surface area contributed by atoms with Crippen LogP contribution in [0.25, 0.3) is 11.4 Å². The molecule has 1 amide bonds. The quantitative estimate of drug-likeness (QED) is 0.346. The van der Waals surface area contributed by atoms with Gasteiger partial charge in [-0.1, -0.05) is 48.5 Å². The van der Waals surface area contributed by atoms with Crippen LogP contribution in [-0.4, -0.2) is 69.6 Å². The first-order valence-electron chi connectivity index (χ1n) is 13.9. The molecule has 4 aromatic rings. The van der Waals surface area contributed by atoms with Crippen molar-refractivity contribution in [2.24, 2.45) is 5.41 Å². The maximum Gasteiger partial charge on any atom is 0.254 e. The standard InChI is InChI=1S/C31H34N6O3/c1-39-27-12-6-7-13-28(27)40-26-11-5-2-8-23(26)22-36-18-14-31(15-19-36)16-20-37(21-17-31)30(38)25-10-4-3-9-24(25)29-32-34-35-33-29/h2-13H,14-22H2,1H3,(H,32,33,34,35). The van der Waals surface area contributed by atoms with Crippen LogP contribution in [0.1, 0.15) is 41.6 Å². The van der Waals surface area contributed by atoms with E-state index in [9.17, 15) is 4.79 Å². The van der Waals surface area contributed by atoms with Crippen molar-refractivity contribution in [3.8, 4) is 28.6 Å². The number of methoxy groups -OCH3 is 1. The summed E-state index contributed by atoms with van der Waals surface area (Å²) in [5.41, 5.74) is 2.81. The van der Waals surface area contributed by atoms with Gasteiger partial charge >= 0.3 is 0 Å². The predicted octanol–water partition coefficient (Wildman–Crippen LogP) is 5.19.